The molecule has 16 heteroatoms. The molecule has 2 aromatic rings. The second kappa shape index (κ2) is 13.0. The van der Waals surface area contributed by atoms with Crippen molar-refractivity contribution in [2.75, 3.05) is 38.1 Å². The van der Waals surface area contributed by atoms with E-state index in [1.54, 1.807) is 17.0 Å². The Morgan fingerprint density at radius 1 is 0.975 bits per heavy atom. The Balaban J connectivity index is 0.000000333. The maximum atomic E-state index is 13.6. The number of alkyl halides is 6. The zero-order valence-electron chi connectivity index (χ0n) is 20.9. The fourth-order valence-electron chi connectivity index (χ4n) is 4.08. The molecule has 1 unspecified atom stereocenters. The zero-order chi connectivity index (χ0) is 30.3. The first-order valence-electron chi connectivity index (χ1n) is 11.4. The van der Waals surface area contributed by atoms with Gasteiger partial charge in [-0.25, -0.2) is 14.0 Å². The summed E-state index contributed by atoms with van der Waals surface area (Å²) in [5.74, 6) is -5.81. The number of carboxylic acids is 2. The Bertz CT molecular complexity index is 1160. The molecule has 220 valence electrons. The van der Waals surface area contributed by atoms with Crippen LogP contribution in [0.3, 0.4) is 0 Å². The smallest absolute Gasteiger partial charge is 0.475 e. The standard InChI is InChI=1S/C20H23FN4O.2C2HF3O2/c1-23-13-19(26)25(18-7-4-5-16(21)11-18)15-20(23)8-10-24(14-20)12-17-6-2-3-9-22-17;2*3-2(4,5)1(6)7/h2-7,9,11H,8,10,12-15H2,1H3;2*(H,6,7). The molecule has 2 N–H and O–H groups in total. The molecule has 2 aliphatic rings. The van der Waals surface area contributed by atoms with E-state index in [9.17, 15) is 35.5 Å². The van der Waals surface area contributed by atoms with Crippen LogP contribution in [0.15, 0.2) is 48.7 Å². The van der Waals surface area contributed by atoms with Crippen LogP contribution in [0.4, 0.5) is 36.4 Å². The van der Waals surface area contributed by atoms with Crippen molar-refractivity contribution < 1.29 is 55.3 Å². The molecule has 1 aromatic carbocycles. The summed E-state index contributed by atoms with van der Waals surface area (Å²) in [5.41, 5.74) is 1.60. The Labute approximate surface area is 223 Å². The van der Waals surface area contributed by atoms with Gasteiger partial charge in [0.1, 0.15) is 5.82 Å². The van der Waals surface area contributed by atoms with Crippen LogP contribution in [0.2, 0.25) is 0 Å². The summed E-state index contributed by atoms with van der Waals surface area (Å²) in [7, 11) is 2.02. The van der Waals surface area contributed by atoms with E-state index in [2.05, 4.69) is 14.8 Å². The van der Waals surface area contributed by atoms with E-state index in [0.29, 0.717) is 18.8 Å². The van der Waals surface area contributed by atoms with Crippen LogP contribution in [-0.2, 0) is 20.9 Å². The summed E-state index contributed by atoms with van der Waals surface area (Å²) in [6, 6.07) is 12.3. The molecule has 4 rings (SSSR count). The predicted molar refractivity (Wildman–Crippen MR) is 126 cm³/mol. The van der Waals surface area contributed by atoms with Crippen LogP contribution in [0.1, 0.15) is 12.1 Å². The number of aliphatic carboxylic acids is 2. The van der Waals surface area contributed by atoms with Gasteiger partial charge in [0.2, 0.25) is 5.91 Å². The zero-order valence-corrected chi connectivity index (χ0v) is 20.9. The second-order valence-corrected chi connectivity index (χ2v) is 8.93. The maximum absolute atomic E-state index is 13.6. The molecular formula is C24H25F7N4O5. The third kappa shape index (κ3) is 9.15. The van der Waals surface area contributed by atoms with Gasteiger partial charge < -0.3 is 15.1 Å². The third-order valence-corrected chi connectivity index (χ3v) is 6.06. The van der Waals surface area contributed by atoms with Crippen molar-refractivity contribution >= 4 is 23.5 Å². The van der Waals surface area contributed by atoms with Crippen LogP contribution >= 0.6 is 0 Å². The van der Waals surface area contributed by atoms with Crippen molar-refractivity contribution in [3.05, 3.63) is 60.2 Å². The highest BCUT2D eigenvalue weighted by Gasteiger charge is 2.47. The number of carbonyl (C=O) groups is 3. The van der Waals surface area contributed by atoms with Crippen molar-refractivity contribution in [1.29, 1.82) is 0 Å². The number of anilines is 1. The van der Waals surface area contributed by atoms with E-state index in [1.165, 1.54) is 12.1 Å². The minimum Gasteiger partial charge on any atom is -0.475 e. The van der Waals surface area contributed by atoms with Gasteiger partial charge in [-0.3, -0.25) is 19.6 Å². The number of carbonyl (C=O) groups excluding carboxylic acids is 1. The first-order chi connectivity index (χ1) is 18.4. The minimum atomic E-state index is -5.08. The number of amides is 1. The van der Waals surface area contributed by atoms with Crippen LogP contribution in [0.25, 0.3) is 0 Å². The van der Waals surface area contributed by atoms with E-state index >= 15 is 0 Å². The molecular weight excluding hydrogens is 557 g/mol. The Kier molecular flexibility index (Phi) is 10.6. The second-order valence-electron chi connectivity index (χ2n) is 8.93. The summed E-state index contributed by atoms with van der Waals surface area (Å²) < 4.78 is 77.1. The van der Waals surface area contributed by atoms with Crippen LogP contribution < -0.4 is 4.90 Å². The van der Waals surface area contributed by atoms with Crippen molar-refractivity contribution in [3.8, 4) is 0 Å². The molecule has 1 aromatic heterocycles. The number of piperazine rings is 1. The van der Waals surface area contributed by atoms with Crippen LogP contribution in [0, 0.1) is 5.82 Å². The number of benzene rings is 1. The molecule has 40 heavy (non-hydrogen) atoms. The van der Waals surface area contributed by atoms with Crippen LogP contribution in [-0.4, -0.2) is 94.0 Å². The van der Waals surface area contributed by atoms with Gasteiger partial charge in [0.15, 0.2) is 0 Å². The lowest BCUT2D eigenvalue weighted by Gasteiger charge is -2.47. The molecule has 1 atom stereocenters. The van der Waals surface area contributed by atoms with Gasteiger partial charge in [-0.1, -0.05) is 12.1 Å². The van der Waals surface area contributed by atoms with E-state index in [0.717, 1.165) is 31.7 Å². The molecule has 1 amide bonds. The molecule has 3 heterocycles. The quantitative estimate of drug-likeness (QED) is 0.530. The lowest BCUT2D eigenvalue weighted by Crippen LogP contribution is -2.64. The molecule has 0 saturated carbocycles. The highest BCUT2D eigenvalue weighted by Crippen LogP contribution is 2.34. The van der Waals surface area contributed by atoms with Crippen molar-refractivity contribution in [2.45, 2.75) is 30.9 Å². The van der Waals surface area contributed by atoms with Gasteiger partial charge in [-0.15, -0.1) is 0 Å². The minimum absolute atomic E-state index is 0.0203. The largest absolute Gasteiger partial charge is 0.490 e. The molecule has 0 radical (unpaired) electrons. The number of hydrogen-bond donors (Lipinski definition) is 2. The summed E-state index contributed by atoms with van der Waals surface area (Å²) in [4.78, 5) is 41.1. The van der Waals surface area contributed by atoms with Crippen LogP contribution in [0.5, 0.6) is 0 Å². The van der Waals surface area contributed by atoms with Gasteiger partial charge in [-0.2, -0.15) is 26.3 Å². The summed E-state index contributed by atoms with van der Waals surface area (Å²) in [6.45, 7) is 3.59. The highest BCUT2D eigenvalue weighted by molar-refractivity contribution is 5.96. The molecule has 9 nitrogen and oxygen atoms in total. The van der Waals surface area contributed by atoms with E-state index in [4.69, 9.17) is 19.8 Å². The highest BCUT2D eigenvalue weighted by atomic mass is 19.4. The molecule has 0 bridgehead atoms. The number of aromatic nitrogens is 1. The van der Waals surface area contributed by atoms with Crippen molar-refractivity contribution in [2.24, 2.45) is 0 Å². The fraction of sp³-hybridized carbons (Fsp3) is 0.417. The summed E-state index contributed by atoms with van der Waals surface area (Å²) in [6.07, 6.45) is -7.37. The van der Waals surface area contributed by atoms with Gasteiger partial charge in [0.25, 0.3) is 0 Å². The number of nitrogens with zero attached hydrogens (tertiary/aromatic N) is 4. The molecule has 2 fully saturated rings. The molecule has 2 aliphatic heterocycles. The lowest BCUT2D eigenvalue weighted by atomic mass is 9.92. The number of pyridine rings is 1. The van der Waals surface area contributed by atoms with Crippen molar-refractivity contribution in [1.82, 2.24) is 14.8 Å². The Morgan fingerprint density at radius 2 is 1.57 bits per heavy atom. The number of halogens is 7. The Hall–Kier alpha value is -3.79. The van der Waals surface area contributed by atoms with Gasteiger partial charge in [0.05, 0.1) is 17.8 Å². The predicted octanol–water partition coefficient (Wildman–Crippen LogP) is 3.41. The number of carboxylic acid groups (broad SMARTS) is 2. The van der Waals surface area contributed by atoms with E-state index in [-0.39, 0.29) is 17.3 Å². The lowest BCUT2D eigenvalue weighted by molar-refractivity contribution is -0.193. The first kappa shape index (κ1) is 32.4. The van der Waals surface area contributed by atoms with Gasteiger partial charge >= 0.3 is 24.3 Å². The van der Waals surface area contributed by atoms with Gasteiger partial charge in [-0.05, 0) is 43.8 Å². The topological polar surface area (TPSA) is 114 Å². The first-order valence-corrected chi connectivity index (χ1v) is 11.4. The number of rotatable bonds is 3. The number of hydrogen-bond acceptors (Lipinski definition) is 6. The third-order valence-electron chi connectivity index (χ3n) is 6.06. The normalized spacial score (nSPS) is 19.9. The number of likely N-dealkylation sites (N-methyl/N-ethyl adjacent to an activating group) is 1. The molecule has 0 aliphatic carbocycles. The summed E-state index contributed by atoms with van der Waals surface area (Å²) >= 11 is 0. The maximum Gasteiger partial charge on any atom is 0.490 e. The van der Waals surface area contributed by atoms with Gasteiger partial charge in [0, 0.05) is 38.1 Å². The average molecular weight is 582 g/mol. The van der Waals surface area contributed by atoms with Crippen molar-refractivity contribution in [3.63, 3.8) is 0 Å². The monoisotopic (exact) mass is 582 g/mol. The SMILES string of the molecule is CN1CC(=O)N(c2cccc(F)c2)CC12CCN(Cc1ccccn1)C2.O=C(O)C(F)(F)F.O=C(O)C(F)(F)F. The molecule has 2 saturated heterocycles. The van der Waals surface area contributed by atoms with E-state index in [1.807, 2.05) is 31.4 Å². The van der Waals surface area contributed by atoms with E-state index < -0.39 is 24.3 Å². The molecule has 1 spiro atoms. The number of likely N-dealkylation sites (tertiary alicyclic amines) is 1. The summed E-state index contributed by atoms with van der Waals surface area (Å²) in [5, 5.41) is 14.2. The fourth-order valence-corrected chi connectivity index (χ4v) is 4.08. The Morgan fingerprint density at radius 3 is 2.08 bits per heavy atom. The average Bonchev–Trinajstić information content (AvgIpc) is 3.25.